The molecule has 1 unspecified atom stereocenters. The molecule has 3 heteroatoms. The van der Waals surface area contributed by atoms with Crippen molar-refractivity contribution in [3.8, 4) is 5.75 Å². The lowest BCUT2D eigenvalue weighted by molar-refractivity contribution is -0.139. The third-order valence-electron chi connectivity index (χ3n) is 4.12. The molecule has 2 aromatic rings. The zero-order chi connectivity index (χ0) is 17.0. The number of ether oxygens (including phenoxy) is 1. The Morgan fingerprint density at radius 3 is 2.22 bits per heavy atom. The predicted octanol–water partition coefficient (Wildman–Crippen LogP) is 4.56. The molecule has 1 atom stereocenters. The van der Waals surface area contributed by atoms with E-state index >= 15 is 0 Å². The molecule has 0 aromatic heterocycles. The first kappa shape index (κ1) is 17.1. The van der Waals surface area contributed by atoms with Gasteiger partial charge >= 0.3 is 5.97 Å². The number of aliphatic carboxylic acids is 1. The van der Waals surface area contributed by atoms with Crippen LogP contribution in [0.25, 0.3) is 0 Å². The van der Waals surface area contributed by atoms with Crippen LogP contribution in [0.15, 0.2) is 36.4 Å². The Bertz CT molecular complexity index is 681. The summed E-state index contributed by atoms with van der Waals surface area (Å²) in [7, 11) is 0. The molecule has 23 heavy (non-hydrogen) atoms. The van der Waals surface area contributed by atoms with E-state index in [1.807, 2.05) is 45.0 Å². The van der Waals surface area contributed by atoms with Gasteiger partial charge in [-0.25, -0.2) is 0 Å². The Hall–Kier alpha value is -2.29. The molecule has 0 fully saturated rings. The molecule has 2 rings (SSSR count). The second-order valence-electron chi connectivity index (χ2n) is 6.11. The standard InChI is InChI=1S/C20H24O3/c1-13-11-15(3)19(16(4)12-13)23-10-9-18(20(21)22)17-8-6-5-7-14(17)2/h5-8,11-12,18H,9-10H2,1-4H3,(H,21,22). The van der Waals surface area contributed by atoms with Crippen molar-refractivity contribution in [3.05, 3.63) is 64.2 Å². The number of rotatable bonds is 6. The maximum atomic E-state index is 11.6. The molecular weight excluding hydrogens is 288 g/mol. The highest BCUT2D eigenvalue weighted by atomic mass is 16.5. The van der Waals surface area contributed by atoms with Crippen LogP contribution in [0.1, 0.15) is 40.2 Å². The number of benzene rings is 2. The van der Waals surface area contributed by atoms with Crippen molar-refractivity contribution in [1.29, 1.82) is 0 Å². The van der Waals surface area contributed by atoms with Crippen LogP contribution in [0.4, 0.5) is 0 Å². The molecule has 0 radical (unpaired) electrons. The van der Waals surface area contributed by atoms with Crippen molar-refractivity contribution in [3.63, 3.8) is 0 Å². The second kappa shape index (κ2) is 7.32. The lowest BCUT2D eigenvalue weighted by Gasteiger charge is -2.17. The highest BCUT2D eigenvalue weighted by molar-refractivity contribution is 5.76. The molecule has 3 nitrogen and oxygen atoms in total. The quantitative estimate of drug-likeness (QED) is 0.850. The SMILES string of the molecule is Cc1cc(C)c(OCCC(C(=O)O)c2ccccc2C)c(C)c1. The summed E-state index contributed by atoms with van der Waals surface area (Å²) >= 11 is 0. The van der Waals surface area contributed by atoms with Gasteiger partial charge in [0.05, 0.1) is 12.5 Å². The normalized spacial score (nSPS) is 12.0. The Balaban J connectivity index is 2.10. The summed E-state index contributed by atoms with van der Waals surface area (Å²) in [5, 5.41) is 9.54. The molecule has 0 bridgehead atoms. The van der Waals surface area contributed by atoms with E-state index in [1.165, 1.54) is 5.56 Å². The van der Waals surface area contributed by atoms with Crippen molar-refractivity contribution >= 4 is 5.97 Å². The lowest BCUT2D eigenvalue weighted by atomic mass is 9.92. The van der Waals surface area contributed by atoms with Gasteiger partial charge in [0.15, 0.2) is 0 Å². The topological polar surface area (TPSA) is 46.5 Å². The Labute approximate surface area is 137 Å². The summed E-state index contributed by atoms with van der Waals surface area (Å²) in [5.74, 6) is -0.480. The van der Waals surface area contributed by atoms with E-state index in [0.717, 1.165) is 28.0 Å². The number of carboxylic acids is 1. The highest BCUT2D eigenvalue weighted by Gasteiger charge is 2.21. The summed E-state index contributed by atoms with van der Waals surface area (Å²) in [6.45, 7) is 8.43. The molecule has 0 aliphatic rings. The van der Waals surface area contributed by atoms with Crippen LogP contribution in [0.2, 0.25) is 0 Å². The van der Waals surface area contributed by atoms with E-state index in [9.17, 15) is 9.90 Å². The molecule has 0 saturated carbocycles. The van der Waals surface area contributed by atoms with E-state index in [-0.39, 0.29) is 0 Å². The van der Waals surface area contributed by atoms with Gasteiger partial charge in [-0.1, -0.05) is 42.0 Å². The van der Waals surface area contributed by atoms with Gasteiger partial charge in [-0.2, -0.15) is 0 Å². The van der Waals surface area contributed by atoms with Gasteiger partial charge in [-0.05, 0) is 56.4 Å². The predicted molar refractivity (Wildman–Crippen MR) is 92.3 cm³/mol. The Morgan fingerprint density at radius 2 is 1.65 bits per heavy atom. The number of carboxylic acid groups (broad SMARTS) is 1. The lowest BCUT2D eigenvalue weighted by Crippen LogP contribution is -2.16. The van der Waals surface area contributed by atoms with Gasteiger partial charge < -0.3 is 9.84 Å². The monoisotopic (exact) mass is 312 g/mol. The molecule has 0 amide bonds. The number of hydrogen-bond acceptors (Lipinski definition) is 2. The van der Waals surface area contributed by atoms with Crippen molar-refractivity contribution < 1.29 is 14.6 Å². The molecule has 0 heterocycles. The summed E-state index contributed by atoms with van der Waals surface area (Å²) in [6, 6.07) is 11.8. The van der Waals surface area contributed by atoms with Crippen molar-refractivity contribution in [2.45, 2.75) is 40.0 Å². The average molecular weight is 312 g/mol. The van der Waals surface area contributed by atoms with E-state index < -0.39 is 11.9 Å². The van der Waals surface area contributed by atoms with Gasteiger partial charge in [0, 0.05) is 0 Å². The molecule has 2 aromatic carbocycles. The van der Waals surface area contributed by atoms with E-state index in [2.05, 4.69) is 19.1 Å². The Morgan fingerprint density at radius 1 is 1.04 bits per heavy atom. The van der Waals surface area contributed by atoms with Crippen molar-refractivity contribution in [1.82, 2.24) is 0 Å². The largest absolute Gasteiger partial charge is 0.493 e. The summed E-state index contributed by atoms with van der Waals surface area (Å²) in [5.41, 5.74) is 5.25. The maximum absolute atomic E-state index is 11.6. The number of hydrogen-bond donors (Lipinski definition) is 1. The van der Waals surface area contributed by atoms with Crippen LogP contribution in [0, 0.1) is 27.7 Å². The fraction of sp³-hybridized carbons (Fsp3) is 0.350. The zero-order valence-electron chi connectivity index (χ0n) is 14.2. The first-order chi connectivity index (χ1) is 10.9. The second-order valence-corrected chi connectivity index (χ2v) is 6.11. The molecule has 0 spiro atoms. The molecule has 1 N–H and O–H groups in total. The highest BCUT2D eigenvalue weighted by Crippen LogP contribution is 2.27. The fourth-order valence-electron chi connectivity index (χ4n) is 3.06. The third kappa shape index (κ3) is 4.13. The smallest absolute Gasteiger partial charge is 0.311 e. The van der Waals surface area contributed by atoms with Gasteiger partial charge in [0.2, 0.25) is 0 Å². The van der Waals surface area contributed by atoms with Crippen LogP contribution in [0.5, 0.6) is 5.75 Å². The van der Waals surface area contributed by atoms with Crippen molar-refractivity contribution in [2.24, 2.45) is 0 Å². The van der Waals surface area contributed by atoms with Crippen LogP contribution in [0.3, 0.4) is 0 Å². The molecule has 0 saturated heterocycles. The van der Waals surface area contributed by atoms with Gasteiger partial charge in [-0.3, -0.25) is 4.79 Å². The van der Waals surface area contributed by atoms with Gasteiger partial charge in [0.25, 0.3) is 0 Å². The first-order valence-corrected chi connectivity index (χ1v) is 7.89. The number of carbonyl (C=O) groups is 1. The minimum Gasteiger partial charge on any atom is -0.493 e. The van der Waals surface area contributed by atoms with E-state index in [1.54, 1.807) is 0 Å². The molecular formula is C20H24O3. The minimum absolute atomic E-state index is 0.385. The first-order valence-electron chi connectivity index (χ1n) is 7.89. The molecule has 0 aliphatic heterocycles. The summed E-state index contributed by atoms with van der Waals surface area (Å²) in [4.78, 5) is 11.6. The molecule has 0 aliphatic carbocycles. The zero-order valence-corrected chi connectivity index (χ0v) is 14.2. The van der Waals surface area contributed by atoms with Crippen molar-refractivity contribution in [2.75, 3.05) is 6.61 Å². The summed E-state index contributed by atoms with van der Waals surface area (Å²) in [6.07, 6.45) is 0.451. The van der Waals surface area contributed by atoms with Gasteiger partial charge in [0.1, 0.15) is 5.75 Å². The third-order valence-corrected chi connectivity index (χ3v) is 4.12. The average Bonchev–Trinajstić information content (AvgIpc) is 2.46. The summed E-state index contributed by atoms with van der Waals surface area (Å²) < 4.78 is 5.90. The fourth-order valence-corrected chi connectivity index (χ4v) is 3.06. The minimum atomic E-state index is -0.805. The van der Waals surface area contributed by atoms with Crippen LogP contribution < -0.4 is 4.74 Å². The van der Waals surface area contributed by atoms with Gasteiger partial charge in [-0.15, -0.1) is 0 Å². The van der Waals surface area contributed by atoms with E-state index in [4.69, 9.17) is 4.74 Å². The molecule has 122 valence electrons. The van der Waals surface area contributed by atoms with Crippen LogP contribution >= 0.6 is 0 Å². The van der Waals surface area contributed by atoms with E-state index in [0.29, 0.717) is 13.0 Å². The number of aryl methyl sites for hydroxylation is 4. The van der Waals surface area contributed by atoms with Crippen LogP contribution in [-0.2, 0) is 4.79 Å². The maximum Gasteiger partial charge on any atom is 0.311 e. The van der Waals surface area contributed by atoms with Crippen LogP contribution in [-0.4, -0.2) is 17.7 Å². The Kier molecular flexibility index (Phi) is 5.43.